The standard InChI is InChI=1S/C20H22N2O/c23-20(19-5-3-1-2-4-6-19)22-15-16-7-9-17(10-8-16)18-11-13-21-14-12-18/h1-2,7-14,19H,3-6,15H2,(H,22,23). The van der Waals surface area contributed by atoms with E-state index in [0.717, 1.165) is 42.4 Å². The van der Waals surface area contributed by atoms with Crippen molar-refractivity contribution in [3.05, 3.63) is 66.5 Å². The Kier molecular flexibility index (Phi) is 5.20. The van der Waals surface area contributed by atoms with Gasteiger partial charge < -0.3 is 5.32 Å². The Morgan fingerprint density at radius 1 is 0.957 bits per heavy atom. The lowest BCUT2D eigenvalue weighted by Crippen LogP contribution is -2.30. The van der Waals surface area contributed by atoms with Crippen LogP contribution in [0, 0.1) is 5.92 Å². The van der Waals surface area contributed by atoms with Crippen LogP contribution in [0.15, 0.2) is 60.9 Å². The number of nitrogens with zero attached hydrogens (tertiary/aromatic N) is 1. The Hall–Kier alpha value is -2.42. The smallest absolute Gasteiger partial charge is 0.223 e. The van der Waals surface area contributed by atoms with Gasteiger partial charge in [-0.1, -0.05) is 36.4 Å². The van der Waals surface area contributed by atoms with E-state index in [1.165, 1.54) is 0 Å². The minimum atomic E-state index is 0.154. The molecular formula is C20H22N2O. The number of pyridine rings is 1. The number of benzene rings is 1. The Labute approximate surface area is 137 Å². The molecular weight excluding hydrogens is 284 g/mol. The normalized spacial score (nSPS) is 15.1. The van der Waals surface area contributed by atoms with Crippen LogP contribution in [0.5, 0.6) is 0 Å². The lowest BCUT2D eigenvalue weighted by atomic mass is 9.99. The minimum absolute atomic E-state index is 0.154. The fraction of sp³-hybridized carbons (Fsp3) is 0.300. The molecule has 1 aromatic carbocycles. The zero-order valence-electron chi connectivity index (χ0n) is 13.2. The van der Waals surface area contributed by atoms with Crippen molar-refractivity contribution < 1.29 is 4.79 Å². The summed E-state index contributed by atoms with van der Waals surface area (Å²) in [4.78, 5) is 16.3. The van der Waals surface area contributed by atoms with Crippen LogP contribution in [-0.4, -0.2) is 10.9 Å². The van der Waals surface area contributed by atoms with Crippen molar-refractivity contribution in [1.29, 1.82) is 0 Å². The van der Waals surface area contributed by atoms with E-state index in [0.29, 0.717) is 6.54 Å². The molecule has 1 N–H and O–H groups in total. The average molecular weight is 306 g/mol. The summed E-state index contributed by atoms with van der Waals surface area (Å²) in [5.74, 6) is 0.341. The average Bonchev–Trinajstić information content (AvgIpc) is 2.90. The molecule has 0 saturated heterocycles. The number of hydrogen-bond donors (Lipinski definition) is 1. The van der Waals surface area contributed by atoms with Gasteiger partial charge in [-0.15, -0.1) is 0 Å². The molecule has 0 atom stereocenters. The number of allylic oxidation sites excluding steroid dienone is 2. The molecule has 23 heavy (non-hydrogen) atoms. The largest absolute Gasteiger partial charge is 0.352 e. The van der Waals surface area contributed by atoms with Gasteiger partial charge in [-0.3, -0.25) is 9.78 Å². The van der Waals surface area contributed by atoms with E-state index in [4.69, 9.17) is 0 Å². The van der Waals surface area contributed by atoms with Crippen molar-refractivity contribution in [2.75, 3.05) is 0 Å². The Morgan fingerprint density at radius 2 is 1.57 bits per heavy atom. The number of carbonyl (C=O) groups excluding carboxylic acids is 1. The summed E-state index contributed by atoms with van der Waals surface area (Å²) in [6.45, 7) is 0.597. The SMILES string of the molecule is O=C(NCc1ccc(-c2ccncc2)cc1)C1CCC=CCC1. The van der Waals surface area contributed by atoms with Gasteiger partial charge in [0.1, 0.15) is 0 Å². The summed E-state index contributed by atoms with van der Waals surface area (Å²) < 4.78 is 0. The fourth-order valence-electron chi connectivity index (χ4n) is 2.93. The van der Waals surface area contributed by atoms with Gasteiger partial charge in [0.2, 0.25) is 5.91 Å². The molecule has 1 amide bonds. The number of hydrogen-bond acceptors (Lipinski definition) is 2. The first kappa shape index (κ1) is 15.5. The third kappa shape index (κ3) is 4.28. The first-order valence-corrected chi connectivity index (χ1v) is 8.25. The molecule has 1 aliphatic carbocycles. The zero-order valence-corrected chi connectivity index (χ0v) is 13.2. The first-order valence-electron chi connectivity index (χ1n) is 8.25. The lowest BCUT2D eigenvalue weighted by Gasteiger charge is -2.14. The Morgan fingerprint density at radius 3 is 2.22 bits per heavy atom. The molecule has 3 rings (SSSR count). The molecule has 1 aliphatic rings. The molecule has 1 aromatic heterocycles. The third-order valence-corrected chi connectivity index (χ3v) is 4.34. The molecule has 1 heterocycles. The summed E-state index contributed by atoms with van der Waals surface area (Å²) >= 11 is 0. The molecule has 0 radical (unpaired) electrons. The van der Waals surface area contributed by atoms with E-state index >= 15 is 0 Å². The van der Waals surface area contributed by atoms with Crippen LogP contribution in [0.4, 0.5) is 0 Å². The highest BCUT2D eigenvalue weighted by molar-refractivity contribution is 5.78. The van der Waals surface area contributed by atoms with Crippen molar-refractivity contribution >= 4 is 5.91 Å². The Bertz CT molecular complexity index is 652. The van der Waals surface area contributed by atoms with Crippen LogP contribution in [-0.2, 0) is 11.3 Å². The maximum Gasteiger partial charge on any atom is 0.223 e. The molecule has 118 valence electrons. The van der Waals surface area contributed by atoms with Crippen LogP contribution in [0.3, 0.4) is 0 Å². The molecule has 0 unspecified atom stereocenters. The van der Waals surface area contributed by atoms with Gasteiger partial charge in [0.25, 0.3) is 0 Å². The van der Waals surface area contributed by atoms with E-state index in [-0.39, 0.29) is 11.8 Å². The number of amides is 1. The van der Waals surface area contributed by atoms with Crippen molar-refractivity contribution in [3.63, 3.8) is 0 Å². The predicted molar refractivity (Wildman–Crippen MR) is 92.6 cm³/mol. The number of carbonyl (C=O) groups is 1. The van der Waals surface area contributed by atoms with Gasteiger partial charge in [0.05, 0.1) is 0 Å². The van der Waals surface area contributed by atoms with Crippen LogP contribution in [0.2, 0.25) is 0 Å². The highest BCUT2D eigenvalue weighted by atomic mass is 16.1. The van der Waals surface area contributed by atoms with Crippen LogP contribution < -0.4 is 5.32 Å². The quantitative estimate of drug-likeness (QED) is 0.864. The monoisotopic (exact) mass is 306 g/mol. The number of nitrogens with one attached hydrogen (secondary N) is 1. The molecule has 0 saturated carbocycles. The maximum absolute atomic E-state index is 12.3. The predicted octanol–water partition coefficient (Wildman–Crippen LogP) is 4.11. The fourth-order valence-corrected chi connectivity index (χ4v) is 2.93. The maximum atomic E-state index is 12.3. The zero-order chi connectivity index (χ0) is 15.9. The molecule has 2 aromatic rings. The van der Waals surface area contributed by atoms with E-state index in [1.54, 1.807) is 12.4 Å². The van der Waals surface area contributed by atoms with Gasteiger partial charge in [-0.05, 0) is 54.5 Å². The van der Waals surface area contributed by atoms with E-state index in [2.05, 4.69) is 46.7 Å². The Balaban J connectivity index is 1.55. The summed E-state index contributed by atoms with van der Waals surface area (Å²) in [5, 5.41) is 3.08. The van der Waals surface area contributed by atoms with Crippen molar-refractivity contribution in [1.82, 2.24) is 10.3 Å². The molecule has 0 spiro atoms. The molecule has 0 fully saturated rings. The van der Waals surface area contributed by atoms with Crippen LogP contribution in [0.1, 0.15) is 31.2 Å². The van der Waals surface area contributed by atoms with E-state index < -0.39 is 0 Å². The third-order valence-electron chi connectivity index (χ3n) is 4.34. The minimum Gasteiger partial charge on any atom is -0.352 e. The van der Waals surface area contributed by atoms with Crippen LogP contribution >= 0.6 is 0 Å². The van der Waals surface area contributed by atoms with Gasteiger partial charge in [-0.2, -0.15) is 0 Å². The van der Waals surface area contributed by atoms with Gasteiger partial charge in [0, 0.05) is 24.9 Å². The number of aromatic nitrogens is 1. The van der Waals surface area contributed by atoms with Gasteiger partial charge >= 0.3 is 0 Å². The molecule has 3 heteroatoms. The van der Waals surface area contributed by atoms with Gasteiger partial charge in [0.15, 0.2) is 0 Å². The second kappa shape index (κ2) is 7.73. The van der Waals surface area contributed by atoms with Crippen molar-refractivity contribution in [2.45, 2.75) is 32.2 Å². The first-order chi connectivity index (χ1) is 11.3. The second-order valence-electron chi connectivity index (χ2n) is 5.97. The summed E-state index contributed by atoms with van der Waals surface area (Å²) in [6.07, 6.45) is 11.9. The topological polar surface area (TPSA) is 42.0 Å². The summed E-state index contributed by atoms with van der Waals surface area (Å²) in [5.41, 5.74) is 3.45. The highest BCUT2D eigenvalue weighted by Crippen LogP contribution is 2.20. The van der Waals surface area contributed by atoms with Crippen molar-refractivity contribution in [3.8, 4) is 11.1 Å². The highest BCUT2D eigenvalue weighted by Gasteiger charge is 2.17. The van der Waals surface area contributed by atoms with Crippen molar-refractivity contribution in [2.24, 2.45) is 5.92 Å². The molecule has 0 bridgehead atoms. The molecule has 0 aliphatic heterocycles. The van der Waals surface area contributed by atoms with E-state index in [1.807, 2.05) is 12.1 Å². The summed E-state index contributed by atoms with van der Waals surface area (Å²) in [6, 6.07) is 12.3. The summed E-state index contributed by atoms with van der Waals surface area (Å²) in [7, 11) is 0. The number of rotatable bonds is 4. The lowest BCUT2D eigenvalue weighted by molar-refractivity contribution is -0.125. The van der Waals surface area contributed by atoms with Crippen LogP contribution in [0.25, 0.3) is 11.1 Å². The molecule has 3 nitrogen and oxygen atoms in total. The van der Waals surface area contributed by atoms with E-state index in [9.17, 15) is 4.79 Å². The second-order valence-corrected chi connectivity index (χ2v) is 5.97. The van der Waals surface area contributed by atoms with Gasteiger partial charge in [-0.25, -0.2) is 0 Å².